The van der Waals surface area contributed by atoms with E-state index in [-0.39, 0.29) is 6.10 Å². The van der Waals surface area contributed by atoms with E-state index in [1.807, 2.05) is 6.92 Å². The van der Waals surface area contributed by atoms with Crippen LogP contribution in [0.5, 0.6) is 0 Å². The molecule has 0 fully saturated rings. The van der Waals surface area contributed by atoms with Crippen LogP contribution in [0.4, 0.5) is 0 Å². The van der Waals surface area contributed by atoms with Gasteiger partial charge in [0.25, 0.3) is 0 Å². The third-order valence-corrected chi connectivity index (χ3v) is 20.1. The van der Waals surface area contributed by atoms with E-state index in [0.29, 0.717) is 0 Å². The average molecular weight is 422 g/mol. The van der Waals surface area contributed by atoms with Gasteiger partial charge in [0, 0.05) is 0 Å². The molecule has 0 heterocycles. The summed E-state index contributed by atoms with van der Waals surface area (Å²) in [6.07, 6.45) is 11.6. The summed E-state index contributed by atoms with van der Waals surface area (Å²) in [5, 5.41) is 9.87. The van der Waals surface area contributed by atoms with Crippen LogP contribution in [0, 0.1) is 0 Å². The number of unbranched alkanes of at least 4 members (excludes halogenated alkanes) is 3. The number of rotatable bonds is 12. The predicted octanol–water partition coefficient (Wildman–Crippen LogP) is 6.43. The van der Waals surface area contributed by atoms with Crippen LogP contribution in [-0.4, -0.2) is 29.6 Å². The number of halogens is 1. The van der Waals surface area contributed by atoms with E-state index in [1.165, 1.54) is 55.4 Å². The van der Waals surface area contributed by atoms with Gasteiger partial charge < -0.3 is 0 Å². The van der Waals surface area contributed by atoms with Crippen molar-refractivity contribution < 1.29 is 5.11 Å². The predicted molar refractivity (Wildman–Crippen MR) is 99.7 cm³/mol. The van der Waals surface area contributed by atoms with E-state index in [1.54, 1.807) is 5.54 Å². The van der Waals surface area contributed by atoms with Gasteiger partial charge in [0.2, 0.25) is 0 Å². The first-order valence-corrected chi connectivity index (χ1v) is 16.6. The summed E-state index contributed by atoms with van der Waals surface area (Å²) < 4.78 is 5.67. The van der Waals surface area contributed by atoms with Crippen LogP contribution in [0.15, 0.2) is 21.3 Å². The van der Waals surface area contributed by atoms with Crippen molar-refractivity contribution in [3.8, 4) is 0 Å². The molecule has 0 bridgehead atoms. The molecule has 0 saturated heterocycles. The molecule has 1 unspecified atom stereocenters. The van der Waals surface area contributed by atoms with Gasteiger partial charge >= 0.3 is 142 Å². The average Bonchev–Trinajstić information content (AvgIpc) is 2.46. The van der Waals surface area contributed by atoms with Crippen molar-refractivity contribution in [3.05, 3.63) is 21.3 Å². The molecule has 21 heavy (non-hydrogen) atoms. The van der Waals surface area contributed by atoms with Crippen molar-refractivity contribution in [3.63, 3.8) is 0 Å². The summed E-state index contributed by atoms with van der Waals surface area (Å²) in [6.45, 7) is 8.71. The molecule has 0 amide bonds. The molecule has 0 aliphatic carbocycles. The quantitative estimate of drug-likeness (QED) is 0.284. The van der Waals surface area contributed by atoms with Gasteiger partial charge in [-0.2, -0.15) is 0 Å². The normalized spacial score (nSPS) is 14.9. The van der Waals surface area contributed by atoms with Crippen LogP contribution in [0.25, 0.3) is 0 Å². The molecule has 0 aromatic heterocycles. The fraction of sp³-hybridized carbons (Fsp3) is 0.778. The maximum absolute atomic E-state index is 9.87. The van der Waals surface area contributed by atoms with E-state index in [9.17, 15) is 5.11 Å². The van der Waals surface area contributed by atoms with Crippen molar-refractivity contribution in [2.45, 2.75) is 85.6 Å². The number of aliphatic hydroxyl groups is 1. The van der Waals surface area contributed by atoms with Gasteiger partial charge in [0.15, 0.2) is 0 Å². The summed E-state index contributed by atoms with van der Waals surface area (Å²) in [4.78, 5) is 0. The van der Waals surface area contributed by atoms with Gasteiger partial charge in [-0.1, -0.05) is 0 Å². The molecular formula is C18H35ClOSn. The van der Waals surface area contributed by atoms with Crippen molar-refractivity contribution in [2.24, 2.45) is 0 Å². The van der Waals surface area contributed by atoms with Crippen LogP contribution in [0.2, 0.25) is 13.3 Å². The molecule has 0 radical (unpaired) electrons. The molecule has 0 aliphatic heterocycles. The SMILES string of the molecule is CCC[CH2][Sn]([CH2]CCC)([CH2]CCC)[C](=C\C(C)O)/C=C/Cl. The van der Waals surface area contributed by atoms with Crippen LogP contribution in [-0.2, 0) is 0 Å². The molecule has 0 saturated carbocycles. The Kier molecular flexibility index (Phi) is 13.3. The van der Waals surface area contributed by atoms with E-state index in [4.69, 9.17) is 11.6 Å². The summed E-state index contributed by atoms with van der Waals surface area (Å²) in [6, 6.07) is 0. The monoisotopic (exact) mass is 422 g/mol. The summed E-state index contributed by atoms with van der Waals surface area (Å²) in [5.41, 5.74) is 1.66. The Morgan fingerprint density at radius 2 is 1.43 bits per heavy atom. The maximum atomic E-state index is 9.87. The zero-order chi connectivity index (χ0) is 16.1. The standard InChI is InChI=1S/C6H8ClO.3C4H9.Sn/c1-6(8)4-2-3-5-7;3*1-3-4-2;/h3-6,8H,1H3;3*1,3-4H2,2H3;/b4-2?,5-3+;;;;. The first-order valence-electron chi connectivity index (χ1n) is 8.73. The van der Waals surface area contributed by atoms with Crippen LogP contribution < -0.4 is 0 Å². The number of aliphatic hydroxyl groups excluding tert-OH is 1. The van der Waals surface area contributed by atoms with Gasteiger partial charge in [0.1, 0.15) is 0 Å². The molecule has 0 aliphatic rings. The van der Waals surface area contributed by atoms with Crippen LogP contribution in [0.1, 0.15) is 66.2 Å². The Labute approximate surface area is 141 Å². The first-order chi connectivity index (χ1) is 10.1. The molecule has 1 atom stereocenters. The Balaban J connectivity index is 5.50. The Bertz CT molecular complexity index is 289. The van der Waals surface area contributed by atoms with Crippen molar-refractivity contribution in [1.82, 2.24) is 0 Å². The number of hydrogen-bond donors (Lipinski definition) is 1. The van der Waals surface area contributed by atoms with Gasteiger partial charge in [0.05, 0.1) is 0 Å². The molecule has 0 aromatic rings. The zero-order valence-corrected chi connectivity index (χ0v) is 18.1. The first kappa shape index (κ1) is 21.5. The summed E-state index contributed by atoms with van der Waals surface area (Å²) in [5.74, 6) is 0. The Morgan fingerprint density at radius 1 is 1.00 bits per heavy atom. The van der Waals surface area contributed by atoms with Crippen LogP contribution in [0.3, 0.4) is 0 Å². The topological polar surface area (TPSA) is 20.2 Å². The molecule has 0 spiro atoms. The second-order valence-electron chi connectivity index (χ2n) is 6.25. The second kappa shape index (κ2) is 13.0. The molecule has 3 heteroatoms. The fourth-order valence-electron chi connectivity index (χ4n) is 3.09. The Morgan fingerprint density at radius 3 is 1.71 bits per heavy atom. The molecule has 1 N–H and O–H groups in total. The van der Waals surface area contributed by atoms with Crippen LogP contribution >= 0.6 is 11.6 Å². The van der Waals surface area contributed by atoms with Gasteiger partial charge in [-0.3, -0.25) is 0 Å². The van der Waals surface area contributed by atoms with E-state index in [0.717, 1.165) is 0 Å². The molecule has 1 nitrogen and oxygen atoms in total. The second-order valence-corrected chi connectivity index (χ2v) is 19.7. The van der Waals surface area contributed by atoms with E-state index < -0.39 is 18.4 Å². The minimum absolute atomic E-state index is 0.367. The molecular weight excluding hydrogens is 386 g/mol. The van der Waals surface area contributed by atoms with Crippen molar-refractivity contribution >= 4 is 30.0 Å². The third-order valence-electron chi connectivity index (χ3n) is 4.30. The molecule has 0 aromatic carbocycles. The number of hydrogen-bond acceptors (Lipinski definition) is 1. The number of allylic oxidation sites excluding steroid dienone is 2. The molecule has 124 valence electrons. The zero-order valence-electron chi connectivity index (χ0n) is 14.5. The van der Waals surface area contributed by atoms with Crippen molar-refractivity contribution in [1.29, 1.82) is 0 Å². The van der Waals surface area contributed by atoms with E-state index >= 15 is 0 Å². The minimum atomic E-state index is -2.43. The Hall–Kier alpha value is 0.529. The van der Waals surface area contributed by atoms with E-state index in [2.05, 4.69) is 32.9 Å². The fourth-order valence-corrected chi connectivity index (χ4v) is 19.9. The van der Waals surface area contributed by atoms with Gasteiger partial charge in [-0.15, -0.1) is 0 Å². The molecule has 0 rings (SSSR count). The van der Waals surface area contributed by atoms with Gasteiger partial charge in [-0.25, -0.2) is 0 Å². The van der Waals surface area contributed by atoms with Crippen molar-refractivity contribution in [2.75, 3.05) is 0 Å². The summed E-state index contributed by atoms with van der Waals surface area (Å²) in [7, 11) is 0. The summed E-state index contributed by atoms with van der Waals surface area (Å²) >= 11 is 3.49. The third kappa shape index (κ3) is 8.66. The van der Waals surface area contributed by atoms with Gasteiger partial charge in [-0.05, 0) is 0 Å².